The van der Waals surface area contributed by atoms with Gasteiger partial charge in [0.25, 0.3) is 5.91 Å². The molecule has 1 spiro atoms. The lowest BCUT2D eigenvalue weighted by atomic mass is 9.85. The van der Waals surface area contributed by atoms with Crippen molar-refractivity contribution in [2.45, 2.75) is 25.3 Å². The molecule has 7 heteroatoms. The molecule has 2 aliphatic rings. The highest BCUT2D eigenvalue weighted by molar-refractivity contribution is 6.10. The molecule has 31 heavy (non-hydrogen) atoms. The zero-order valence-electron chi connectivity index (χ0n) is 18.2. The van der Waals surface area contributed by atoms with Crippen LogP contribution in [0.5, 0.6) is 5.75 Å². The normalized spacial score (nSPS) is 21.4. The minimum atomic E-state index is -0.446. The van der Waals surface area contributed by atoms with Crippen molar-refractivity contribution in [2.75, 3.05) is 50.6 Å². The average Bonchev–Trinajstić information content (AvgIpc) is 2.79. The predicted molar refractivity (Wildman–Crippen MR) is 123 cm³/mol. The van der Waals surface area contributed by atoms with Crippen molar-refractivity contribution in [2.24, 2.45) is 4.99 Å². The maximum Gasteiger partial charge on any atom is 0.260 e. The summed E-state index contributed by atoms with van der Waals surface area (Å²) < 4.78 is 11.0. The van der Waals surface area contributed by atoms with Gasteiger partial charge < -0.3 is 25.0 Å². The standard InChI is InChI=1S/C24H30N4O3/c1-18-8-3-6-11-21(18)31-16-22(29)28-14-7-12-24(17-28)23(25-13-15-30-2)26-19-9-4-5-10-20(19)27-24/h3-6,8-11,27H,7,12-17H2,1-2H3,(H,25,26)/t24-/m0/s1. The van der Waals surface area contributed by atoms with Gasteiger partial charge in [0.1, 0.15) is 17.1 Å². The number of nitrogens with zero attached hydrogens (tertiary/aromatic N) is 2. The van der Waals surface area contributed by atoms with E-state index in [1.807, 2.05) is 54.3 Å². The summed E-state index contributed by atoms with van der Waals surface area (Å²) in [5.41, 5.74) is 2.60. The molecule has 1 atom stereocenters. The Morgan fingerprint density at radius 3 is 2.74 bits per heavy atom. The quantitative estimate of drug-likeness (QED) is 0.699. The number of likely N-dealkylation sites (tertiary alicyclic amines) is 1. The zero-order chi connectivity index (χ0) is 21.7. The Morgan fingerprint density at radius 2 is 1.94 bits per heavy atom. The number of aryl methyl sites for hydroxylation is 1. The molecule has 0 radical (unpaired) electrons. The number of rotatable bonds is 6. The molecule has 0 saturated carbocycles. The number of benzene rings is 2. The van der Waals surface area contributed by atoms with Gasteiger partial charge in [0.2, 0.25) is 0 Å². The average molecular weight is 423 g/mol. The van der Waals surface area contributed by atoms with E-state index in [9.17, 15) is 4.79 Å². The Labute approximate surface area is 183 Å². The molecule has 0 bridgehead atoms. The molecule has 2 N–H and O–H groups in total. The lowest BCUT2D eigenvalue weighted by molar-refractivity contribution is -0.134. The Bertz CT molecular complexity index is 961. The molecular weight excluding hydrogens is 392 g/mol. The smallest absolute Gasteiger partial charge is 0.260 e. The first kappa shape index (κ1) is 21.2. The van der Waals surface area contributed by atoms with Gasteiger partial charge in [-0.1, -0.05) is 30.3 Å². The summed E-state index contributed by atoms with van der Waals surface area (Å²) in [6.45, 7) is 4.38. The molecule has 2 aromatic rings. The lowest BCUT2D eigenvalue weighted by Crippen LogP contribution is -2.63. The van der Waals surface area contributed by atoms with Gasteiger partial charge in [0.15, 0.2) is 6.61 Å². The number of carbonyl (C=O) groups excluding carboxylic acids is 1. The van der Waals surface area contributed by atoms with Gasteiger partial charge in [0, 0.05) is 13.7 Å². The topological polar surface area (TPSA) is 75.2 Å². The van der Waals surface area contributed by atoms with Crippen LogP contribution < -0.4 is 15.4 Å². The van der Waals surface area contributed by atoms with Gasteiger partial charge in [0.05, 0.1) is 31.1 Å². The van der Waals surface area contributed by atoms with Crippen molar-refractivity contribution in [1.82, 2.24) is 4.90 Å². The first-order valence-electron chi connectivity index (χ1n) is 10.8. The maximum atomic E-state index is 13.0. The van der Waals surface area contributed by atoms with Gasteiger partial charge in [-0.2, -0.15) is 0 Å². The zero-order valence-corrected chi connectivity index (χ0v) is 18.2. The summed E-state index contributed by atoms with van der Waals surface area (Å²) in [6, 6.07) is 15.8. The molecule has 2 heterocycles. The van der Waals surface area contributed by atoms with E-state index in [0.29, 0.717) is 26.2 Å². The molecule has 1 saturated heterocycles. The monoisotopic (exact) mass is 422 g/mol. The van der Waals surface area contributed by atoms with E-state index >= 15 is 0 Å². The van der Waals surface area contributed by atoms with Gasteiger partial charge in [-0.15, -0.1) is 0 Å². The number of methoxy groups -OCH3 is 1. The molecule has 0 aliphatic carbocycles. The first-order valence-corrected chi connectivity index (χ1v) is 10.8. The number of amidine groups is 1. The fourth-order valence-corrected chi connectivity index (χ4v) is 4.22. The summed E-state index contributed by atoms with van der Waals surface area (Å²) in [6.07, 6.45) is 1.78. The highest BCUT2D eigenvalue weighted by atomic mass is 16.5. The van der Waals surface area contributed by atoms with Gasteiger partial charge in [-0.05, 0) is 43.5 Å². The van der Waals surface area contributed by atoms with E-state index < -0.39 is 5.54 Å². The van der Waals surface area contributed by atoms with Crippen LogP contribution in [0.15, 0.2) is 53.5 Å². The lowest BCUT2D eigenvalue weighted by Gasteiger charge is -2.47. The fraction of sp³-hybridized carbons (Fsp3) is 0.417. The van der Waals surface area contributed by atoms with E-state index in [0.717, 1.165) is 41.4 Å². The number of hydrogen-bond donors (Lipinski definition) is 2. The second kappa shape index (κ2) is 9.39. The molecule has 4 rings (SSSR count). The van der Waals surface area contributed by atoms with Crippen LogP contribution in [0.2, 0.25) is 0 Å². The predicted octanol–water partition coefficient (Wildman–Crippen LogP) is 3.32. The summed E-state index contributed by atoms with van der Waals surface area (Å²) in [5.74, 6) is 1.59. The number of hydrogen-bond acceptors (Lipinski definition) is 5. The number of para-hydroxylation sites is 3. The SMILES string of the molecule is COCCN=C1Nc2ccccc2N[C@]12CCCN(C(=O)COc1ccccc1C)C2. The van der Waals surface area contributed by atoms with E-state index in [4.69, 9.17) is 14.5 Å². The molecule has 0 unspecified atom stereocenters. The molecule has 1 fully saturated rings. The van der Waals surface area contributed by atoms with Crippen molar-refractivity contribution in [1.29, 1.82) is 0 Å². The summed E-state index contributed by atoms with van der Waals surface area (Å²) >= 11 is 0. The Morgan fingerprint density at radius 1 is 1.16 bits per heavy atom. The second-order valence-corrected chi connectivity index (χ2v) is 8.07. The molecular formula is C24H30N4O3. The van der Waals surface area contributed by atoms with Crippen LogP contribution in [0.4, 0.5) is 11.4 Å². The van der Waals surface area contributed by atoms with Crippen LogP contribution >= 0.6 is 0 Å². The largest absolute Gasteiger partial charge is 0.484 e. The molecule has 1 amide bonds. The number of amides is 1. The van der Waals surface area contributed by atoms with Crippen molar-refractivity contribution in [3.8, 4) is 5.75 Å². The summed E-state index contributed by atoms with van der Waals surface area (Å²) in [7, 11) is 1.67. The van der Waals surface area contributed by atoms with E-state index in [2.05, 4.69) is 16.7 Å². The third-order valence-corrected chi connectivity index (χ3v) is 5.86. The second-order valence-electron chi connectivity index (χ2n) is 8.07. The Kier molecular flexibility index (Phi) is 6.42. The van der Waals surface area contributed by atoms with Crippen LogP contribution in [0.3, 0.4) is 0 Å². The van der Waals surface area contributed by atoms with Crippen LogP contribution in [-0.2, 0) is 9.53 Å². The highest BCUT2D eigenvalue weighted by Crippen LogP contribution is 2.36. The van der Waals surface area contributed by atoms with E-state index in [1.165, 1.54) is 0 Å². The number of carbonyl (C=O) groups is 1. The summed E-state index contributed by atoms with van der Waals surface area (Å²) in [4.78, 5) is 19.7. The Balaban J connectivity index is 1.51. The van der Waals surface area contributed by atoms with Crippen molar-refractivity contribution >= 4 is 23.1 Å². The van der Waals surface area contributed by atoms with E-state index in [1.54, 1.807) is 7.11 Å². The van der Waals surface area contributed by atoms with E-state index in [-0.39, 0.29) is 12.5 Å². The third-order valence-electron chi connectivity index (χ3n) is 5.86. The number of aliphatic imine (C=N–C) groups is 1. The molecule has 2 aliphatic heterocycles. The van der Waals surface area contributed by atoms with Gasteiger partial charge in [-0.3, -0.25) is 9.79 Å². The molecule has 0 aromatic heterocycles. The van der Waals surface area contributed by atoms with Crippen molar-refractivity contribution in [3.05, 3.63) is 54.1 Å². The summed E-state index contributed by atoms with van der Waals surface area (Å²) in [5, 5.41) is 7.19. The maximum absolute atomic E-state index is 13.0. The van der Waals surface area contributed by atoms with Crippen LogP contribution in [0.25, 0.3) is 0 Å². The molecule has 2 aromatic carbocycles. The Hall–Kier alpha value is -3.06. The number of nitrogens with one attached hydrogen (secondary N) is 2. The number of anilines is 2. The van der Waals surface area contributed by atoms with Crippen LogP contribution in [0.1, 0.15) is 18.4 Å². The fourth-order valence-electron chi connectivity index (χ4n) is 4.22. The van der Waals surface area contributed by atoms with Crippen molar-refractivity contribution in [3.63, 3.8) is 0 Å². The molecule has 164 valence electrons. The number of piperidine rings is 1. The minimum absolute atomic E-state index is 0.0146. The highest BCUT2D eigenvalue weighted by Gasteiger charge is 2.44. The van der Waals surface area contributed by atoms with Crippen LogP contribution in [-0.4, -0.2) is 62.1 Å². The van der Waals surface area contributed by atoms with Crippen molar-refractivity contribution < 1.29 is 14.3 Å². The van der Waals surface area contributed by atoms with Gasteiger partial charge in [-0.25, -0.2) is 0 Å². The number of fused-ring (bicyclic) bond motifs is 1. The molecule has 7 nitrogen and oxygen atoms in total. The number of ether oxygens (including phenoxy) is 2. The first-order chi connectivity index (χ1) is 15.1. The van der Waals surface area contributed by atoms with Gasteiger partial charge >= 0.3 is 0 Å². The minimum Gasteiger partial charge on any atom is -0.484 e. The van der Waals surface area contributed by atoms with Crippen LogP contribution in [0, 0.1) is 6.92 Å². The third kappa shape index (κ3) is 4.66.